The van der Waals surface area contributed by atoms with E-state index >= 15 is 0 Å². The van der Waals surface area contributed by atoms with Gasteiger partial charge in [0.2, 0.25) is 0 Å². The fourth-order valence-electron chi connectivity index (χ4n) is 4.75. The van der Waals surface area contributed by atoms with E-state index in [1.54, 1.807) is 23.5 Å². The van der Waals surface area contributed by atoms with E-state index in [-0.39, 0.29) is 11.2 Å². The summed E-state index contributed by atoms with van der Waals surface area (Å²) >= 11 is 14.1. The summed E-state index contributed by atoms with van der Waals surface area (Å²) in [7, 11) is 0. The van der Waals surface area contributed by atoms with E-state index in [4.69, 9.17) is 28.9 Å². The van der Waals surface area contributed by atoms with E-state index in [9.17, 15) is 10.1 Å². The van der Waals surface area contributed by atoms with Crippen LogP contribution in [0.1, 0.15) is 62.1 Å². The van der Waals surface area contributed by atoms with Crippen molar-refractivity contribution in [2.75, 3.05) is 4.90 Å². The van der Waals surface area contributed by atoms with Crippen LogP contribution >= 0.6 is 34.5 Å². The number of rotatable bonds is 5. The first-order chi connectivity index (χ1) is 15.7. The van der Waals surface area contributed by atoms with Gasteiger partial charge in [0.15, 0.2) is 5.78 Å². The molecule has 1 atom stereocenters. The molecule has 1 aromatic heterocycles. The Labute approximate surface area is 209 Å². The number of nitrogens with zero attached hydrogens (tertiary/aromatic N) is 2. The number of nitrogens with two attached hydrogens (primary N) is 1. The fraction of sp³-hybridized carbons (Fsp3) is 0.385. The Balaban J connectivity index is 1.92. The molecule has 0 radical (unpaired) electrons. The van der Waals surface area contributed by atoms with Crippen molar-refractivity contribution in [3.05, 3.63) is 72.8 Å². The molecule has 7 heteroatoms. The zero-order valence-electron chi connectivity index (χ0n) is 19.0. The molecular weight excluding hydrogens is 473 g/mol. The Hall–Kier alpha value is -2.26. The minimum absolute atomic E-state index is 0.0695. The van der Waals surface area contributed by atoms with Gasteiger partial charge in [0.05, 0.1) is 27.6 Å². The lowest BCUT2D eigenvalue weighted by molar-refractivity contribution is -0.118. The third-order valence-corrected chi connectivity index (χ3v) is 8.23. The Morgan fingerprint density at radius 1 is 1.21 bits per heavy atom. The van der Waals surface area contributed by atoms with Crippen LogP contribution in [-0.2, 0) is 11.2 Å². The summed E-state index contributed by atoms with van der Waals surface area (Å²) in [6, 6.07) is 11.8. The van der Waals surface area contributed by atoms with Crippen molar-refractivity contribution in [1.82, 2.24) is 0 Å². The maximum atomic E-state index is 13.6. The molecule has 0 saturated heterocycles. The summed E-state index contributed by atoms with van der Waals surface area (Å²) in [5.74, 6) is -0.0262. The predicted octanol–water partition coefficient (Wildman–Crippen LogP) is 7.34. The van der Waals surface area contributed by atoms with Crippen molar-refractivity contribution >= 4 is 46.0 Å². The van der Waals surface area contributed by atoms with Crippen LogP contribution < -0.4 is 10.6 Å². The highest BCUT2D eigenvalue weighted by molar-refractivity contribution is 7.12. The van der Waals surface area contributed by atoms with Gasteiger partial charge in [0.1, 0.15) is 5.82 Å². The average molecular weight is 500 g/mol. The number of carbonyl (C=O) groups is 1. The molecule has 4 rings (SSSR count). The highest BCUT2D eigenvalue weighted by Gasteiger charge is 2.45. The van der Waals surface area contributed by atoms with E-state index in [2.05, 4.69) is 39.0 Å². The quantitative estimate of drug-likeness (QED) is 0.466. The van der Waals surface area contributed by atoms with Gasteiger partial charge >= 0.3 is 0 Å². The van der Waals surface area contributed by atoms with Crippen molar-refractivity contribution in [3.8, 4) is 6.07 Å². The van der Waals surface area contributed by atoms with Crippen LogP contribution in [0.25, 0.3) is 0 Å². The molecule has 2 aromatic rings. The van der Waals surface area contributed by atoms with Crippen LogP contribution in [0, 0.1) is 16.7 Å². The van der Waals surface area contributed by atoms with Gasteiger partial charge in [-0.1, -0.05) is 50.4 Å². The van der Waals surface area contributed by atoms with Gasteiger partial charge in [-0.15, -0.1) is 11.3 Å². The molecule has 0 bridgehead atoms. The average Bonchev–Trinajstić information content (AvgIpc) is 3.21. The van der Waals surface area contributed by atoms with Crippen LogP contribution in [0.15, 0.2) is 53.0 Å². The number of aryl methyl sites for hydroxylation is 1. The summed E-state index contributed by atoms with van der Waals surface area (Å²) in [4.78, 5) is 17.7. The zero-order chi connectivity index (χ0) is 23.9. The van der Waals surface area contributed by atoms with Crippen LogP contribution in [0.3, 0.4) is 0 Å². The predicted molar refractivity (Wildman–Crippen MR) is 136 cm³/mol. The lowest BCUT2D eigenvalue weighted by Gasteiger charge is -2.43. The number of anilines is 1. The molecule has 1 unspecified atom stereocenters. The third-order valence-electron chi connectivity index (χ3n) is 6.29. The Bertz CT molecular complexity index is 1220. The van der Waals surface area contributed by atoms with Gasteiger partial charge in [0, 0.05) is 33.1 Å². The van der Waals surface area contributed by atoms with Crippen molar-refractivity contribution in [1.29, 1.82) is 5.26 Å². The molecule has 172 valence electrons. The fourth-order valence-corrected chi connectivity index (χ4v) is 6.21. The van der Waals surface area contributed by atoms with E-state index in [0.29, 0.717) is 45.5 Å². The molecule has 2 N–H and O–H groups in total. The molecule has 33 heavy (non-hydrogen) atoms. The molecule has 0 spiro atoms. The monoisotopic (exact) mass is 499 g/mol. The number of hydrogen-bond donors (Lipinski definition) is 1. The Morgan fingerprint density at radius 3 is 2.64 bits per heavy atom. The van der Waals surface area contributed by atoms with Gasteiger partial charge in [-0.3, -0.25) is 9.69 Å². The van der Waals surface area contributed by atoms with Crippen molar-refractivity contribution in [3.63, 3.8) is 0 Å². The highest BCUT2D eigenvalue weighted by Crippen LogP contribution is 2.51. The first-order valence-corrected chi connectivity index (χ1v) is 12.7. The highest BCUT2D eigenvalue weighted by atomic mass is 35.5. The molecular formula is C26H27Cl2N3OS. The standard InChI is InChI=1S/C26H27Cl2N3OS/c1-4-5-6-16-8-10-22(33-16)23-17(14-29)25(30)31(15-7-9-18(27)19(28)11-15)20-12-26(2,3)13-21(32)24(20)23/h7-11,23H,4-6,12-13,30H2,1-3H3. The number of Topliss-reactive ketones (excluding diaryl/α,β-unsaturated/α-hetero) is 1. The van der Waals surface area contributed by atoms with Gasteiger partial charge in [-0.05, 0) is 55.0 Å². The maximum Gasteiger partial charge on any atom is 0.162 e. The number of allylic oxidation sites excluding steroid dienone is 3. The largest absolute Gasteiger partial charge is 0.384 e. The number of nitriles is 1. The number of halogens is 2. The van der Waals surface area contributed by atoms with Crippen LogP contribution in [0.2, 0.25) is 10.0 Å². The van der Waals surface area contributed by atoms with Gasteiger partial charge in [-0.25, -0.2) is 0 Å². The number of ketones is 1. The first-order valence-electron chi connectivity index (χ1n) is 11.2. The van der Waals surface area contributed by atoms with Crippen molar-refractivity contribution in [2.24, 2.45) is 11.1 Å². The van der Waals surface area contributed by atoms with Crippen molar-refractivity contribution < 1.29 is 4.79 Å². The first kappa shape index (κ1) is 23.9. The second-order valence-corrected chi connectivity index (χ2v) is 11.5. The van der Waals surface area contributed by atoms with E-state index < -0.39 is 5.92 Å². The van der Waals surface area contributed by atoms with Crippen molar-refractivity contribution in [2.45, 2.75) is 58.8 Å². The second kappa shape index (κ2) is 9.18. The molecule has 0 amide bonds. The summed E-state index contributed by atoms with van der Waals surface area (Å²) in [5, 5.41) is 11.0. The smallest absolute Gasteiger partial charge is 0.162 e. The summed E-state index contributed by atoms with van der Waals surface area (Å²) < 4.78 is 0. The second-order valence-electron chi connectivity index (χ2n) is 9.49. The topological polar surface area (TPSA) is 70.1 Å². The number of carbonyl (C=O) groups excluding carboxylic acids is 1. The molecule has 0 saturated carbocycles. The molecule has 1 aliphatic carbocycles. The molecule has 0 fully saturated rings. The summed E-state index contributed by atoms with van der Waals surface area (Å²) in [5.41, 5.74) is 9.07. The van der Waals surface area contributed by atoms with Gasteiger partial charge < -0.3 is 5.73 Å². The summed E-state index contributed by atoms with van der Waals surface area (Å²) in [6.45, 7) is 6.35. The number of unbranched alkanes of at least 4 members (excludes halogenated alkanes) is 1. The minimum atomic E-state index is -0.437. The van der Waals surface area contributed by atoms with Gasteiger partial charge in [0.25, 0.3) is 0 Å². The van der Waals surface area contributed by atoms with E-state index in [0.717, 1.165) is 29.8 Å². The SMILES string of the molecule is CCCCc1ccc(C2C(C#N)=C(N)N(c3ccc(Cl)c(Cl)c3)C3=C2C(=O)CC(C)(C)C3)s1. The van der Waals surface area contributed by atoms with Gasteiger partial charge in [-0.2, -0.15) is 5.26 Å². The molecule has 2 aliphatic rings. The number of thiophene rings is 1. The molecule has 1 aliphatic heterocycles. The Morgan fingerprint density at radius 2 is 1.97 bits per heavy atom. The Kier molecular flexibility index (Phi) is 6.64. The van der Waals surface area contributed by atoms with Crippen LogP contribution in [0.4, 0.5) is 5.69 Å². The van der Waals surface area contributed by atoms with Crippen LogP contribution in [0.5, 0.6) is 0 Å². The zero-order valence-corrected chi connectivity index (χ0v) is 21.4. The minimum Gasteiger partial charge on any atom is -0.384 e. The normalized spacial score (nSPS) is 20.2. The van der Waals surface area contributed by atoms with E-state index in [1.807, 2.05) is 11.0 Å². The molecule has 1 aromatic carbocycles. The van der Waals surface area contributed by atoms with E-state index in [1.165, 1.54) is 4.88 Å². The lowest BCUT2D eigenvalue weighted by Crippen LogP contribution is -2.42. The molecule has 4 nitrogen and oxygen atoms in total. The maximum absolute atomic E-state index is 13.6. The number of benzene rings is 1. The third kappa shape index (κ3) is 4.45. The number of hydrogen-bond acceptors (Lipinski definition) is 5. The lowest BCUT2D eigenvalue weighted by atomic mass is 9.69. The van der Waals surface area contributed by atoms with Crippen LogP contribution in [-0.4, -0.2) is 5.78 Å². The molecule has 2 heterocycles. The summed E-state index contributed by atoms with van der Waals surface area (Å²) in [6.07, 6.45) is 4.33.